The summed E-state index contributed by atoms with van der Waals surface area (Å²) in [6, 6.07) is 13.8. The molecular formula is C24H20N4O3. The van der Waals surface area contributed by atoms with E-state index in [0.717, 1.165) is 46.5 Å². The van der Waals surface area contributed by atoms with E-state index < -0.39 is 5.91 Å². The molecule has 31 heavy (non-hydrogen) atoms. The van der Waals surface area contributed by atoms with Crippen LogP contribution in [0.1, 0.15) is 50.6 Å². The molecule has 0 atom stereocenters. The molecule has 1 aliphatic carbocycles. The number of anilines is 1. The Morgan fingerprint density at radius 3 is 2.84 bits per heavy atom. The summed E-state index contributed by atoms with van der Waals surface area (Å²) in [5.41, 5.74) is 5.68. The Labute approximate surface area is 178 Å². The van der Waals surface area contributed by atoms with Crippen molar-refractivity contribution in [1.29, 1.82) is 0 Å². The fraction of sp³-hybridized carbons (Fsp3) is 0.167. The van der Waals surface area contributed by atoms with Gasteiger partial charge in [-0.2, -0.15) is 0 Å². The third-order valence-corrected chi connectivity index (χ3v) is 5.46. The zero-order valence-electron chi connectivity index (χ0n) is 16.7. The zero-order chi connectivity index (χ0) is 21.2. The van der Waals surface area contributed by atoms with Crippen molar-refractivity contribution in [3.8, 4) is 11.3 Å². The number of benzene rings is 1. The first-order chi connectivity index (χ1) is 15.2. The number of carbonyl (C=O) groups excluding carboxylic acids is 2. The maximum Gasteiger partial charge on any atom is 0.294 e. The van der Waals surface area contributed by atoms with Gasteiger partial charge in [0, 0.05) is 35.9 Å². The van der Waals surface area contributed by atoms with E-state index in [1.54, 1.807) is 12.3 Å². The lowest BCUT2D eigenvalue weighted by molar-refractivity contribution is 0.0969. The van der Waals surface area contributed by atoms with Crippen molar-refractivity contribution in [3.05, 3.63) is 89.4 Å². The van der Waals surface area contributed by atoms with Crippen LogP contribution >= 0.6 is 0 Å². The second kappa shape index (κ2) is 8.02. The van der Waals surface area contributed by atoms with Crippen molar-refractivity contribution in [2.45, 2.75) is 25.7 Å². The number of Topliss-reactive ketones (excluding diaryl/α,β-unsaturated/α-hetero) is 1. The highest BCUT2D eigenvalue weighted by Gasteiger charge is 2.26. The van der Waals surface area contributed by atoms with Gasteiger partial charge >= 0.3 is 0 Å². The van der Waals surface area contributed by atoms with Gasteiger partial charge in [-0.3, -0.25) is 9.59 Å². The van der Waals surface area contributed by atoms with E-state index in [1.807, 2.05) is 24.3 Å². The third-order valence-electron chi connectivity index (χ3n) is 5.46. The molecule has 0 unspecified atom stereocenters. The minimum absolute atomic E-state index is 0.109. The quantitative estimate of drug-likeness (QED) is 0.505. The monoisotopic (exact) mass is 412 g/mol. The largest absolute Gasteiger partial charge is 0.438 e. The van der Waals surface area contributed by atoms with Crippen LogP contribution in [0.2, 0.25) is 0 Å². The van der Waals surface area contributed by atoms with Crippen molar-refractivity contribution < 1.29 is 14.0 Å². The predicted octanol–water partition coefficient (Wildman–Crippen LogP) is 4.43. The SMILES string of the molecule is O=C(Nc1cc(-c2[nH]c3c(c2Cc2ccccc2)C(=O)CCC3)ccn1)c1cnco1. The Hall–Kier alpha value is -4.00. The molecule has 5 rings (SSSR count). The number of ketones is 1. The van der Waals surface area contributed by atoms with E-state index in [0.29, 0.717) is 18.7 Å². The van der Waals surface area contributed by atoms with E-state index in [1.165, 1.54) is 12.6 Å². The van der Waals surface area contributed by atoms with Crippen LogP contribution in [0.4, 0.5) is 5.82 Å². The standard InChI is InChI=1S/C24H20N4O3/c29-19-8-4-7-18-22(19)17(11-15-5-2-1-3-6-15)23(27-18)16-9-10-26-21(12-16)28-24(30)20-13-25-14-31-20/h1-3,5-6,9-10,12-14,27H,4,7-8,11H2,(H,26,28,30). The number of oxazole rings is 1. The summed E-state index contributed by atoms with van der Waals surface area (Å²) in [5, 5.41) is 2.73. The van der Waals surface area contributed by atoms with E-state index in [-0.39, 0.29) is 11.5 Å². The lowest BCUT2D eigenvalue weighted by atomic mass is 9.90. The lowest BCUT2D eigenvalue weighted by Gasteiger charge is -2.12. The van der Waals surface area contributed by atoms with Gasteiger partial charge in [0.25, 0.3) is 5.91 Å². The predicted molar refractivity (Wildman–Crippen MR) is 115 cm³/mol. The Morgan fingerprint density at radius 2 is 2.03 bits per heavy atom. The van der Waals surface area contributed by atoms with Crippen LogP contribution in [-0.2, 0) is 12.8 Å². The molecule has 1 amide bonds. The molecule has 0 saturated carbocycles. The highest BCUT2D eigenvalue weighted by molar-refractivity contribution is 6.03. The van der Waals surface area contributed by atoms with Crippen molar-refractivity contribution in [1.82, 2.24) is 15.0 Å². The van der Waals surface area contributed by atoms with Crippen molar-refractivity contribution in [3.63, 3.8) is 0 Å². The first kappa shape index (κ1) is 19.0. The van der Waals surface area contributed by atoms with E-state index >= 15 is 0 Å². The molecule has 0 fully saturated rings. The summed E-state index contributed by atoms with van der Waals surface area (Å²) >= 11 is 0. The molecule has 4 aromatic rings. The molecule has 0 aliphatic heterocycles. The smallest absolute Gasteiger partial charge is 0.294 e. The van der Waals surface area contributed by atoms with Gasteiger partial charge in [-0.1, -0.05) is 30.3 Å². The summed E-state index contributed by atoms with van der Waals surface area (Å²) in [4.78, 5) is 36.6. The number of fused-ring (bicyclic) bond motifs is 1. The first-order valence-corrected chi connectivity index (χ1v) is 10.2. The summed E-state index contributed by atoms with van der Waals surface area (Å²) in [6.07, 6.45) is 7.11. The average molecular weight is 412 g/mol. The number of rotatable bonds is 5. The van der Waals surface area contributed by atoms with E-state index in [9.17, 15) is 9.59 Å². The second-order valence-electron chi connectivity index (χ2n) is 7.52. The van der Waals surface area contributed by atoms with Gasteiger partial charge in [0.05, 0.1) is 11.9 Å². The number of nitrogens with one attached hydrogen (secondary N) is 2. The molecule has 3 aromatic heterocycles. The van der Waals surface area contributed by atoms with Crippen molar-refractivity contribution in [2.24, 2.45) is 0 Å². The number of aryl methyl sites for hydroxylation is 1. The second-order valence-corrected chi connectivity index (χ2v) is 7.52. The number of aromatic nitrogens is 3. The number of carbonyl (C=O) groups is 2. The molecule has 7 nitrogen and oxygen atoms in total. The Morgan fingerprint density at radius 1 is 1.16 bits per heavy atom. The lowest BCUT2D eigenvalue weighted by Crippen LogP contribution is -2.12. The molecule has 0 bridgehead atoms. The normalized spacial score (nSPS) is 13.1. The molecule has 0 saturated heterocycles. The van der Waals surface area contributed by atoms with Gasteiger partial charge in [0.1, 0.15) is 5.82 Å². The zero-order valence-corrected chi connectivity index (χ0v) is 16.7. The Bertz CT molecular complexity index is 1240. The van der Waals surface area contributed by atoms with Gasteiger partial charge in [-0.05, 0) is 36.1 Å². The number of aromatic amines is 1. The molecular weight excluding hydrogens is 392 g/mol. The fourth-order valence-corrected chi connectivity index (χ4v) is 4.05. The van der Waals surface area contributed by atoms with Crippen LogP contribution in [-0.4, -0.2) is 26.6 Å². The van der Waals surface area contributed by atoms with Gasteiger partial charge in [0.2, 0.25) is 5.76 Å². The third kappa shape index (κ3) is 3.77. The highest BCUT2D eigenvalue weighted by Crippen LogP contribution is 2.35. The van der Waals surface area contributed by atoms with Crippen LogP contribution in [0.25, 0.3) is 11.3 Å². The number of hydrogen-bond acceptors (Lipinski definition) is 5. The topological polar surface area (TPSA) is 101 Å². The Balaban J connectivity index is 1.54. The van der Waals surface area contributed by atoms with E-state index in [2.05, 4.69) is 32.4 Å². The highest BCUT2D eigenvalue weighted by atomic mass is 16.3. The molecule has 0 spiro atoms. The maximum atomic E-state index is 12.8. The minimum atomic E-state index is -0.424. The molecule has 0 radical (unpaired) electrons. The van der Waals surface area contributed by atoms with Crippen LogP contribution in [0.5, 0.6) is 0 Å². The summed E-state index contributed by atoms with van der Waals surface area (Å²) < 4.78 is 5.04. The molecule has 2 N–H and O–H groups in total. The van der Waals surface area contributed by atoms with Gasteiger partial charge in [-0.25, -0.2) is 9.97 Å². The van der Waals surface area contributed by atoms with Crippen LogP contribution < -0.4 is 5.32 Å². The first-order valence-electron chi connectivity index (χ1n) is 10.2. The van der Waals surface area contributed by atoms with Gasteiger partial charge in [-0.15, -0.1) is 0 Å². The number of H-pyrrole nitrogens is 1. The van der Waals surface area contributed by atoms with Crippen molar-refractivity contribution in [2.75, 3.05) is 5.32 Å². The molecule has 3 heterocycles. The Kier molecular flexibility index (Phi) is 4.92. The molecule has 154 valence electrons. The van der Waals surface area contributed by atoms with Crippen LogP contribution in [0, 0.1) is 0 Å². The van der Waals surface area contributed by atoms with E-state index in [4.69, 9.17) is 4.42 Å². The fourth-order valence-electron chi connectivity index (χ4n) is 4.05. The maximum absolute atomic E-state index is 12.8. The molecule has 1 aromatic carbocycles. The van der Waals surface area contributed by atoms with Gasteiger partial charge < -0.3 is 14.7 Å². The van der Waals surface area contributed by atoms with Crippen molar-refractivity contribution >= 4 is 17.5 Å². The number of nitrogens with zero attached hydrogens (tertiary/aromatic N) is 2. The average Bonchev–Trinajstić information content (AvgIpc) is 3.44. The number of hydrogen-bond donors (Lipinski definition) is 2. The summed E-state index contributed by atoms with van der Waals surface area (Å²) in [5.74, 6) is 0.261. The number of pyridine rings is 1. The minimum Gasteiger partial charge on any atom is -0.438 e. The van der Waals surface area contributed by atoms with Crippen LogP contribution in [0.3, 0.4) is 0 Å². The number of amides is 1. The summed E-state index contributed by atoms with van der Waals surface area (Å²) in [7, 11) is 0. The van der Waals surface area contributed by atoms with Gasteiger partial charge in [0.15, 0.2) is 12.2 Å². The van der Waals surface area contributed by atoms with Crippen LogP contribution in [0.15, 0.2) is 65.7 Å². The summed E-state index contributed by atoms with van der Waals surface area (Å²) in [6.45, 7) is 0. The molecule has 7 heteroatoms. The molecule has 1 aliphatic rings.